The van der Waals surface area contributed by atoms with Gasteiger partial charge in [-0.05, 0) is 52.8 Å². The molecule has 0 atom stereocenters. The fourth-order valence-corrected chi connectivity index (χ4v) is 3.73. The van der Waals surface area contributed by atoms with E-state index in [9.17, 15) is 4.79 Å². The zero-order chi connectivity index (χ0) is 17.0. The summed E-state index contributed by atoms with van der Waals surface area (Å²) in [5.74, 6) is -0.0261. The van der Waals surface area contributed by atoms with Gasteiger partial charge < -0.3 is 10.1 Å². The Kier molecular flexibility index (Phi) is 6.16. The largest absolute Gasteiger partial charge is 0.466 e. The summed E-state index contributed by atoms with van der Waals surface area (Å²) < 4.78 is 7.73. The fourth-order valence-electron chi connectivity index (χ4n) is 2.53. The minimum absolute atomic E-state index is 0.0323. The summed E-state index contributed by atoms with van der Waals surface area (Å²) in [6.45, 7) is 11.0. The van der Waals surface area contributed by atoms with E-state index in [1.807, 2.05) is 11.6 Å². The molecule has 2 heterocycles. The summed E-state index contributed by atoms with van der Waals surface area (Å²) in [7, 11) is 0. The van der Waals surface area contributed by atoms with Gasteiger partial charge in [0.15, 0.2) is 3.95 Å². The molecule has 1 aliphatic rings. The standard InChI is InChI=1S/C15H26N4O2S2/c1-5-21-12(20)11-6-8-18(9-7-11)10-19-14(22)23-13(17-19)16-15(2,3)4/h11H,5-10H2,1-4H3,(H,16,17). The molecule has 2 rings (SSSR count). The number of likely N-dealkylation sites (tertiary alicyclic amines) is 1. The first-order chi connectivity index (χ1) is 10.8. The Bertz CT molecular complexity index is 583. The first kappa shape index (κ1) is 18.4. The van der Waals surface area contributed by atoms with E-state index in [2.05, 4.69) is 36.1 Å². The molecule has 8 heteroatoms. The van der Waals surface area contributed by atoms with Crippen LogP contribution in [-0.4, -0.2) is 45.9 Å². The molecule has 23 heavy (non-hydrogen) atoms. The molecule has 1 aromatic heterocycles. The highest BCUT2D eigenvalue weighted by atomic mass is 32.1. The maximum absolute atomic E-state index is 11.8. The van der Waals surface area contributed by atoms with Gasteiger partial charge in [-0.1, -0.05) is 11.3 Å². The van der Waals surface area contributed by atoms with Crippen LogP contribution in [0.15, 0.2) is 0 Å². The molecule has 0 aromatic carbocycles. The van der Waals surface area contributed by atoms with Gasteiger partial charge in [-0.2, -0.15) is 0 Å². The SMILES string of the molecule is CCOC(=O)C1CCN(Cn2nc(NC(C)(C)C)sc2=S)CC1. The summed E-state index contributed by atoms with van der Waals surface area (Å²) >= 11 is 6.90. The monoisotopic (exact) mass is 358 g/mol. The molecule has 0 radical (unpaired) electrons. The average molecular weight is 359 g/mol. The van der Waals surface area contributed by atoms with Gasteiger partial charge in [0, 0.05) is 18.6 Å². The lowest BCUT2D eigenvalue weighted by Crippen LogP contribution is -2.38. The third-order valence-electron chi connectivity index (χ3n) is 3.63. The second-order valence-corrected chi connectivity index (χ2v) is 8.46. The average Bonchev–Trinajstić information content (AvgIpc) is 2.77. The number of nitrogens with zero attached hydrogens (tertiary/aromatic N) is 3. The van der Waals surface area contributed by atoms with Gasteiger partial charge in [0.25, 0.3) is 0 Å². The zero-order valence-corrected chi connectivity index (χ0v) is 15.9. The van der Waals surface area contributed by atoms with E-state index in [0.717, 1.165) is 35.0 Å². The highest BCUT2D eigenvalue weighted by Gasteiger charge is 2.26. The first-order valence-electron chi connectivity index (χ1n) is 8.03. The first-order valence-corrected chi connectivity index (χ1v) is 9.26. The van der Waals surface area contributed by atoms with Gasteiger partial charge >= 0.3 is 5.97 Å². The molecule has 0 bridgehead atoms. The van der Waals surface area contributed by atoms with Crippen molar-refractivity contribution in [3.63, 3.8) is 0 Å². The van der Waals surface area contributed by atoms with Crippen molar-refractivity contribution in [3.8, 4) is 0 Å². The number of aromatic nitrogens is 2. The van der Waals surface area contributed by atoms with Crippen molar-refractivity contribution in [2.45, 2.75) is 52.7 Å². The van der Waals surface area contributed by atoms with Crippen LogP contribution in [0.25, 0.3) is 0 Å². The van der Waals surface area contributed by atoms with Crippen LogP contribution in [0.1, 0.15) is 40.5 Å². The number of nitrogens with one attached hydrogen (secondary N) is 1. The van der Waals surface area contributed by atoms with E-state index in [1.54, 1.807) is 0 Å². The van der Waals surface area contributed by atoms with E-state index in [4.69, 9.17) is 17.0 Å². The molecule has 0 unspecified atom stereocenters. The predicted molar refractivity (Wildman–Crippen MR) is 95.2 cm³/mol. The second kappa shape index (κ2) is 7.72. The molecule has 1 saturated heterocycles. The topological polar surface area (TPSA) is 59.4 Å². The van der Waals surface area contributed by atoms with Crippen LogP contribution >= 0.6 is 23.6 Å². The Morgan fingerprint density at radius 1 is 1.43 bits per heavy atom. The lowest BCUT2D eigenvalue weighted by atomic mass is 9.97. The number of ether oxygens (including phenoxy) is 1. The van der Waals surface area contributed by atoms with E-state index in [1.165, 1.54) is 11.3 Å². The number of carbonyl (C=O) groups is 1. The Balaban J connectivity index is 1.89. The van der Waals surface area contributed by atoms with Crippen molar-refractivity contribution in [3.05, 3.63) is 3.95 Å². The highest BCUT2D eigenvalue weighted by Crippen LogP contribution is 2.22. The summed E-state index contributed by atoms with van der Waals surface area (Å²) in [5.41, 5.74) is -0.0323. The molecule has 1 aromatic rings. The molecular weight excluding hydrogens is 332 g/mol. The van der Waals surface area contributed by atoms with Crippen LogP contribution in [-0.2, 0) is 16.2 Å². The Hall–Kier alpha value is -0.990. The zero-order valence-electron chi connectivity index (χ0n) is 14.3. The lowest BCUT2D eigenvalue weighted by Gasteiger charge is -2.30. The molecule has 0 spiro atoms. The highest BCUT2D eigenvalue weighted by molar-refractivity contribution is 7.73. The lowest BCUT2D eigenvalue weighted by molar-refractivity contribution is -0.149. The van der Waals surface area contributed by atoms with Crippen LogP contribution in [0.5, 0.6) is 0 Å². The maximum Gasteiger partial charge on any atom is 0.309 e. The molecule has 0 aliphatic carbocycles. The molecule has 1 fully saturated rings. The van der Waals surface area contributed by atoms with Crippen LogP contribution in [0, 0.1) is 9.87 Å². The third kappa shape index (κ3) is 5.54. The van der Waals surface area contributed by atoms with Crippen LogP contribution < -0.4 is 5.32 Å². The van der Waals surface area contributed by atoms with Crippen molar-refractivity contribution in [2.24, 2.45) is 5.92 Å². The molecule has 1 N–H and O–H groups in total. The number of carbonyl (C=O) groups excluding carboxylic acids is 1. The van der Waals surface area contributed by atoms with Crippen molar-refractivity contribution in [1.82, 2.24) is 14.7 Å². The maximum atomic E-state index is 11.8. The van der Waals surface area contributed by atoms with E-state index in [0.29, 0.717) is 13.3 Å². The van der Waals surface area contributed by atoms with Gasteiger partial charge in [0.05, 0.1) is 19.2 Å². The Morgan fingerprint density at radius 2 is 2.09 bits per heavy atom. The molecule has 0 amide bonds. The van der Waals surface area contributed by atoms with Crippen LogP contribution in [0.2, 0.25) is 0 Å². The summed E-state index contributed by atoms with van der Waals surface area (Å²) in [5, 5.41) is 8.77. The summed E-state index contributed by atoms with van der Waals surface area (Å²) in [4.78, 5) is 14.1. The van der Waals surface area contributed by atoms with Crippen molar-refractivity contribution < 1.29 is 9.53 Å². The van der Waals surface area contributed by atoms with Crippen LogP contribution in [0.4, 0.5) is 5.13 Å². The minimum atomic E-state index is -0.0610. The van der Waals surface area contributed by atoms with E-state index in [-0.39, 0.29) is 17.4 Å². The molecule has 0 saturated carbocycles. The Labute approximate surface area is 146 Å². The number of hydrogen-bond acceptors (Lipinski definition) is 7. The number of anilines is 1. The van der Waals surface area contributed by atoms with E-state index < -0.39 is 0 Å². The van der Waals surface area contributed by atoms with Gasteiger partial charge in [0.2, 0.25) is 5.13 Å². The number of esters is 1. The van der Waals surface area contributed by atoms with Crippen molar-refractivity contribution in [1.29, 1.82) is 0 Å². The number of rotatable bonds is 5. The Morgan fingerprint density at radius 3 is 2.65 bits per heavy atom. The summed E-state index contributed by atoms with van der Waals surface area (Å²) in [6, 6.07) is 0. The van der Waals surface area contributed by atoms with E-state index >= 15 is 0 Å². The smallest absolute Gasteiger partial charge is 0.309 e. The molecule has 6 nitrogen and oxygen atoms in total. The van der Waals surface area contributed by atoms with Crippen molar-refractivity contribution in [2.75, 3.05) is 25.0 Å². The minimum Gasteiger partial charge on any atom is -0.466 e. The van der Waals surface area contributed by atoms with Gasteiger partial charge in [-0.3, -0.25) is 9.69 Å². The van der Waals surface area contributed by atoms with Crippen molar-refractivity contribution >= 4 is 34.7 Å². The normalized spacial score (nSPS) is 17.2. The fraction of sp³-hybridized carbons (Fsp3) is 0.800. The summed E-state index contributed by atoms with van der Waals surface area (Å²) in [6.07, 6.45) is 1.67. The quantitative estimate of drug-likeness (QED) is 0.645. The van der Waals surface area contributed by atoms with Gasteiger partial charge in [-0.15, -0.1) is 5.10 Å². The molecular formula is C15H26N4O2S2. The predicted octanol–water partition coefficient (Wildman–Crippen LogP) is 3.12. The van der Waals surface area contributed by atoms with Gasteiger partial charge in [0.1, 0.15) is 0 Å². The third-order valence-corrected chi connectivity index (χ3v) is 4.85. The number of hydrogen-bond donors (Lipinski definition) is 1. The molecule has 130 valence electrons. The van der Waals surface area contributed by atoms with Crippen LogP contribution in [0.3, 0.4) is 0 Å². The molecule has 1 aliphatic heterocycles. The number of piperidine rings is 1. The second-order valence-electron chi connectivity index (χ2n) is 6.83. The van der Waals surface area contributed by atoms with Gasteiger partial charge in [-0.25, -0.2) is 4.68 Å².